The molecule has 2 atom stereocenters. The van der Waals surface area contributed by atoms with Gasteiger partial charge in [-0.3, -0.25) is 4.79 Å². The van der Waals surface area contributed by atoms with E-state index in [2.05, 4.69) is 83.3 Å². The first kappa shape index (κ1) is 23.0. The lowest BCUT2D eigenvalue weighted by Crippen LogP contribution is -2.39. The fraction of sp³-hybridized carbons (Fsp3) is 0.500. The van der Waals surface area contributed by atoms with Gasteiger partial charge in [0, 0.05) is 0 Å². The first-order valence-electron chi connectivity index (χ1n) is 10.6. The van der Waals surface area contributed by atoms with Crippen molar-refractivity contribution in [1.82, 2.24) is 5.32 Å². The van der Waals surface area contributed by atoms with Gasteiger partial charge in [-0.1, -0.05) is 84.9 Å². The standard InChI is InChI=1S/C26H37NO2/c1-9-23(29-22-16-14-21(15-17-22)26(6,7)8)24(28)27-18(2)19-10-12-20(13-11-19)25(3,4)5/h10-18,23H,9H2,1-8H3,(H,27,28)/t18-,23+/m1/s1. The summed E-state index contributed by atoms with van der Waals surface area (Å²) < 4.78 is 5.98. The molecule has 1 amide bonds. The van der Waals surface area contributed by atoms with E-state index in [-0.39, 0.29) is 22.8 Å². The highest BCUT2D eigenvalue weighted by atomic mass is 16.5. The molecule has 2 aromatic rings. The number of amides is 1. The number of carbonyl (C=O) groups is 1. The van der Waals surface area contributed by atoms with Gasteiger partial charge in [0.05, 0.1) is 6.04 Å². The highest BCUT2D eigenvalue weighted by Gasteiger charge is 2.22. The Morgan fingerprint density at radius 1 is 0.862 bits per heavy atom. The van der Waals surface area contributed by atoms with Crippen LogP contribution in [0.5, 0.6) is 5.75 Å². The molecule has 0 aromatic heterocycles. The third-order valence-electron chi connectivity index (χ3n) is 5.30. The van der Waals surface area contributed by atoms with Crippen molar-refractivity contribution in [2.75, 3.05) is 0 Å². The molecule has 0 aliphatic heterocycles. The van der Waals surface area contributed by atoms with Gasteiger partial charge in [0.15, 0.2) is 6.10 Å². The van der Waals surface area contributed by atoms with Crippen LogP contribution in [0.15, 0.2) is 48.5 Å². The van der Waals surface area contributed by atoms with E-state index in [0.29, 0.717) is 6.42 Å². The van der Waals surface area contributed by atoms with Crippen molar-refractivity contribution in [3.05, 3.63) is 65.2 Å². The third-order valence-corrected chi connectivity index (χ3v) is 5.30. The molecule has 0 heterocycles. The van der Waals surface area contributed by atoms with Gasteiger partial charge in [-0.2, -0.15) is 0 Å². The minimum Gasteiger partial charge on any atom is -0.481 e. The molecule has 0 saturated carbocycles. The number of nitrogens with one attached hydrogen (secondary N) is 1. The Morgan fingerprint density at radius 3 is 1.72 bits per heavy atom. The van der Waals surface area contributed by atoms with E-state index in [4.69, 9.17) is 4.74 Å². The minimum atomic E-state index is -0.508. The molecule has 0 saturated heterocycles. The molecule has 0 bridgehead atoms. The molecule has 0 aliphatic rings. The second-order valence-electron chi connectivity index (χ2n) is 9.89. The minimum absolute atomic E-state index is 0.0718. The van der Waals surface area contributed by atoms with Gasteiger partial charge in [-0.15, -0.1) is 0 Å². The lowest BCUT2D eigenvalue weighted by molar-refractivity contribution is -0.128. The number of carbonyl (C=O) groups excluding carboxylic acids is 1. The average Bonchev–Trinajstić information content (AvgIpc) is 2.65. The summed E-state index contributed by atoms with van der Waals surface area (Å²) in [5.41, 5.74) is 3.84. The van der Waals surface area contributed by atoms with Crippen molar-refractivity contribution in [2.45, 2.75) is 84.8 Å². The number of rotatable bonds is 6. The summed E-state index contributed by atoms with van der Waals surface area (Å²) >= 11 is 0. The molecule has 29 heavy (non-hydrogen) atoms. The second kappa shape index (κ2) is 9.02. The lowest BCUT2D eigenvalue weighted by Gasteiger charge is -2.23. The molecule has 0 unspecified atom stereocenters. The average molecular weight is 396 g/mol. The Labute approximate surface area is 176 Å². The van der Waals surface area contributed by atoms with Crippen molar-refractivity contribution < 1.29 is 9.53 Å². The van der Waals surface area contributed by atoms with Crippen LogP contribution in [0.4, 0.5) is 0 Å². The van der Waals surface area contributed by atoms with Crippen LogP contribution >= 0.6 is 0 Å². The molecule has 0 aliphatic carbocycles. The van der Waals surface area contributed by atoms with Gasteiger partial charge >= 0.3 is 0 Å². The van der Waals surface area contributed by atoms with Gasteiger partial charge < -0.3 is 10.1 Å². The Morgan fingerprint density at radius 2 is 1.31 bits per heavy atom. The van der Waals surface area contributed by atoms with Crippen LogP contribution in [0.1, 0.15) is 84.5 Å². The highest BCUT2D eigenvalue weighted by molar-refractivity contribution is 5.81. The van der Waals surface area contributed by atoms with Crippen LogP contribution in [-0.4, -0.2) is 12.0 Å². The van der Waals surface area contributed by atoms with E-state index in [1.807, 2.05) is 26.0 Å². The molecule has 1 N–H and O–H groups in total. The fourth-order valence-electron chi connectivity index (χ4n) is 3.18. The maximum atomic E-state index is 12.8. The molecule has 0 radical (unpaired) electrons. The van der Waals surface area contributed by atoms with E-state index in [1.165, 1.54) is 11.1 Å². The van der Waals surface area contributed by atoms with Crippen molar-refractivity contribution in [3.63, 3.8) is 0 Å². The van der Waals surface area contributed by atoms with E-state index in [1.54, 1.807) is 0 Å². The summed E-state index contributed by atoms with van der Waals surface area (Å²) in [6.07, 6.45) is 0.106. The zero-order chi connectivity index (χ0) is 21.8. The molecular formula is C26H37NO2. The van der Waals surface area contributed by atoms with Crippen LogP contribution in [0, 0.1) is 0 Å². The largest absolute Gasteiger partial charge is 0.481 e. The molecule has 0 fully saturated rings. The molecule has 3 nitrogen and oxygen atoms in total. The van der Waals surface area contributed by atoms with Crippen LogP contribution in [0.3, 0.4) is 0 Å². The quantitative estimate of drug-likeness (QED) is 0.622. The van der Waals surface area contributed by atoms with E-state index in [9.17, 15) is 4.79 Å². The van der Waals surface area contributed by atoms with Crippen LogP contribution in [-0.2, 0) is 15.6 Å². The molecule has 158 valence electrons. The fourth-order valence-corrected chi connectivity index (χ4v) is 3.18. The molecule has 2 aromatic carbocycles. The summed E-state index contributed by atoms with van der Waals surface area (Å²) in [5, 5.41) is 3.10. The predicted molar refractivity (Wildman–Crippen MR) is 122 cm³/mol. The monoisotopic (exact) mass is 395 g/mol. The van der Waals surface area contributed by atoms with Crippen LogP contribution in [0.2, 0.25) is 0 Å². The van der Waals surface area contributed by atoms with E-state index in [0.717, 1.165) is 11.3 Å². The van der Waals surface area contributed by atoms with Gasteiger partial charge in [-0.25, -0.2) is 0 Å². The Kier molecular flexibility index (Phi) is 7.15. The Bertz CT molecular complexity index is 793. The summed E-state index contributed by atoms with van der Waals surface area (Å²) in [7, 11) is 0. The van der Waals surface area contributed by atoms with E-state index < -0.39 is 6.10 Å². The topological polar surface area (TPSA) is 38.3 Å². The molecule has 2 rings (SSSR count). The number of hydrogen-bond donors (Lipinski definition) is 1. The SMILES string of the molecule is CC[C@H](Oc1ccc(C(C)(C)C)cc1)C(=O)N[C@H](C)c1ccc(C(C)(C)C)cc1. The summed E-state index contributed by atoms with van der Waals surface area (Å²) in [4.78, 5) is 12.8. The van der Waals surface area contributed by atoms with Crippen LogP contribution in [0.25, 0.3) is 0 Å². The van der Waals surface area contributed by atoms with Crippen molar-refractivity contribution in [3.8, 4) is 5.75 Å². The van der Waals surface area contributed by atoms with Crippen molar-refractivity contribution in [1.29, 1.82) is 0 Å². The zero-order valence-electron chi connectivity index (χ0n) is 19.3. The highest BCUT2D eigenvalue weighted by Crippen LogP contribution is 2.26. The number of hydrogen-bond acceptors (Lipinski definition) is 2. The molecule has 3 heteroatoms. The molecule has 0 spiro atoms. The van der Waals surface area contributed by atoms with Gasteiger partial charge in [0.2, 0.25) is 0 Å². The first-order chi connectivity index (χ1) is 13.4. The first-order valence-corrected chi connectivity index (χ1v) is 10.6. The Hall–Kier alpha value is -2.29. The van der Waals surface area contributed by atoms with Crippen molar-refractivity contribution >= 4 is 5.91 Å². The number of benzene rings is 2. The van der Waals surface area contributed by atoms with Gasteiger partial charge in [-0.05, 0) is 53.0 Å². The smallest absolute Gasteiger partial charge is 0.261 e. The van der Waals surface area contributed by atoms with Crippen LogP contribution < -0.4 is 10.1 Å². The maximum Gasteiger partial charge on any atom is 0.261 e. The van der Waals surface area contributed by atoms with Gasteiger partial charge in [0.25, 0.3) is 5.91 Å². The summed E-state index contributed by atoms with van der Waals surface area (Å²) in [6.45, 7) is 17.1. The Balaban J connectivity index is 2.02. The normalized spacial score (nSPS) is 14.2. The van der Waals surface area contributed by atoms with Gasteiger partial charge in [0.1, 0.15) is 5.75 Å². The zero-order valence-corrected chi connectivity index (χ0v) is 19.3. The second-order valence-corrected chi connectivity index (χ2v) is 9.89. The predicted octanol–water partition coefficient (Wildman–Crippen LogP) is 6.32. The number of ether oxygens (including phenoxy) is 1. The lowest BCUT2D eigenvalue weighted by atomic mass is 9.86. The summed E-state index contributed by atoms with van der Waals surface area (Å²) in [5.74, 6) is 0.641. The van der Waals surface area contributed by atoms with E-state index >= 15 is 0 Å². The molecular weight excluding hydrogens is 358 g/mol. The maximum absolute atomic E-state index is 12.8. The third kappa shape index (κ3) is 6.35. The summed E-state index contributed by atoms with van der Waals surface area (Å²) in [6, 6.07) is 16.4. The van der Waals surface area contributed by atoms with Crippen molar-refractivity contribution in [2.24, 2.45) is 0 Å².